The van der Waals surface area contributed by atoms with Crippen molar-refractivity contribution in [1.82, 2.24) is 0 Å². The first-order valence-corrected chi connectivity index (χ1v) is 7.37. The van der Waals surface area contributed by atoms with Crippen LogP contribution in [0.2, 0.25) is 0 Å². The van der Waals surface area contributed by atoms with Gasteiger partial charge in [0, 0.05) is 23.9 Å². The van der Waals surface area contributed by atoms with Crippen molar-refractivity contribution in [3.05, 3.63) is 46.5 Å². The van der Waals surface area contributed by atoms with E-state index in [0.29, 0.717) is 6.42 Å². The van der Waals surface area contributed by atoms with E-state index in [1.807, 2.05) is 30.4 Å². The Morgan fingerprint density at radius 2 is 2.05 bits per heavy atom. The van der Waals surface area contributed by atoms with Crippen molar-refractivity contribution in [2.24, 2.45) is 5.92 Å². The summed E-state index contributed by atoms with van der Waals surface area (Å²) < 4.78 is 11.3. The second kappa shape index (κ2) is 8.93. The molecule has 0 N–H and O–H groups in total. The van der Waals surface area contributed by atoms with Gasteiger partial charge in [0.25, 0.3) is 0 Å². The molecular formula is C16H21BrO3. The third kappa shape index (κ3) is 5.47. The van der Waals surface area contributed by atoms with Gasteiger partial charge >= 0.3 is 5.97 Å². The number of carbonyl (C=O) groups excluding carboxylic acids is 1. The Labute approximate surface area is 129 Å². The van der Waals surface area contributed by atoms with E-state index < -0.39 is 0 Å². The Balaban J connectivity index is 2.61. The maximum absolute atomic E-state index is 11.1. The van der Waals surface area contributed by atoms with Gasteiger partial charge in [-0.2, -0.15) is 0 Å². The van der Waals surface area contributed by atoms with E-state index in [1.165, 1.54) is 12.7 Å². The molecule has 3 nitrogen and oxygen atoms in total. The van der Waals surface area contributed by atoms with Gasteiger partial charge in [-0.15, -0.1) is 0 Å². The molecule has 0 saturated carbocycles. The SMILES string of the molecule is COC(=O)C/C=C/[C@H](C)[C@H](Cc1ccccc1Br)OC. The summed E-state index contributed by atoms with van der Waals surface area (Å²) in [5.41, 5.74) is 1.22. The third-order valence-corrected chi connectivity index (χ3v) is 3.99. The fraction of sp³-hybridized carbons (Fsp3) is 0.438. The van der Waals surface area contributed by atoms with Crippen LogP contribution < -0.4 is 0 Å². The second-order valence-corrected chi connectivity index (χ2v) is 5.49. The summed E-state index contributed by atoms with van der Waals surface area (Å²) in [5, 5.41) is 0. The molecule has 2 atom stereocenters. The smallest absolute Gasteiger partial charge is 0.309 e. The van der Waals surface area contributed by atoms with Crippen LogP contribution >= 0.6 is 15.9 Å². The van der Waals surface area contributed by atoms with Gasteiger partial charge in [0.2, 0.25) is 0 Å². The summed E-state index contributed by atoms with van der Waals surface area (Å²) in [4.78, 5) is 11.1. The van der Waals surface area contributed by atoms with Crippen molar-refractivity contribution in [3.8, 4) is 0 Å². The Bertz CT molecular complexity index is 457. The number of hydrogen-bond donors (Lipinski definition) is 0. The predicted octanol–water partition coefficient (Wildman–Crippen LogP) is 3.76. The van der Waals surface area contributed by atoms with E-state index in [1.54, 1.807) is 7.11 Å². The number of esters is 1. The van der Waals surface area contributed by atoms with E-state index >= 15 is 0 Å². The highest BCUT2D eigenvalue weighted by molar-refractivity contribution is 9.10. The number of ether oxygens (including phenoxy) is 2. The predicted molar refractivity (Wildman–Crippen MR) is 83.6 cm³/mol. The molecule has 0 aliphatic carbocycles. The maximum Gasteiger partial charge on any atom is 0.309 e. The van der Waals surface area contributed by atoms with Crippen LogP contribution in [0, 0.1) is 5.92 Å². The van der Waals surface area contributed by atoms with Gasteiger partial charge in [0.05, 0.1) is 19.6 Å². The lowest BCUT2D eigenvalue weighted by Crippen LogP contribution is -2.22. The average molecular weight is 341 g/mol. The molecule has 0 fully saturated rings. The van der Waals surface area contributed by atoms with Crippen molar-refractivity contribution in [2.75, 3.05) is 14.2 Å². The minimum Gasteiger partial charge on any atom is -0.469 e. The first-order valence-electron chi connectivity index (χ1n) is 6.58. The monoisotopic (exact) mass is 340 g/mol. The molecule has 110 valence electrons. The Morgan fingerprint density at radius 1 is 1.35 bits per heavy atom. The molecule has 0 amide bonds. The van der Waals surface area contributed by atoms with Crippen molar-refractivity contribution in [3.63, 3.8) is 0 Å². The van der Waals surface area contributed by atoms with Crippen molar-refractivity contribution in [2.45, 2.75) is 25.9 Å². The van der Waals surface area contributed by atoms with Gasteiger partial charge in [0.15, 0.2) is 0 Å². The van der Waals surface area contributed by atoms with Crippen LogP contribution in [0.1, 0.15) is 18.9 Å². The molecule has 0 bridgehead atoms. The largest absolute Gasteiger partial charge is 0.469 e. The number of benzene rings is 1. The molecule has 20 heavy (non-hydrogen) atoms. The van der Waals surface area contributed by atoms with Gasteiger partial charge in [-0.25, -0.2) is 0 Å². The minimum absolute atomic E-state index is 0.0718. The minimum atomic E-state index is -0.228. The molecule has 0 spiro atoms. The normalized spacial score (nSPS) is 14.2. The van der Waals surface area contributed by atoms with Crippen molar-refractivity contribution >= 4 is 21.9 Å². The van der Waals surface area contributed by atoms with E-state index in [-0.39, 0.29) is 18.0 Å². The first-order chi connectivity index (χ1) is 9.58. The zero-order valence-electron chi connectivity index (χ0n) is 12.1. The standard InChI is InChI=1S/C16H21BrO3/c1-12(7-6-10-16(18)20-3)15(19-2)11-13-8-4-5-9-14(13)17/h4-9,12,15H,10-11H2,1-3H3/b7-6+/t12-,15-/m0/s1. The summed E-state index contributed by atoms with van der Waals surface area (Å²) in [7, 11) is 3.11. The number of halogens is 1. The van der Waals surface area contributed by atoms with E-state index in [9.17, 15) is 4.79 Å². The molecule has 0 heterocycles. The van der Waals surface area contributed by atoms with Crippen LogP contribution in [0.15, 0.2) is 40.9 Å². The molecular weight excluding hydrogens is 320 g/mol. The van der Waals surface area contributed by atoms with Crippen LogP contribution in [0.4, 0.5) is 0 Å². The van der Waals surface area contributed by atoms with E-state index in [2.05, 4.69) is 33.7 Å². The number of hydrogen-bond acceptors (Lipinski definition) is 3. The fourth-order valence-electron chi connectivity index (χ4n) is 1.95. The third-order valence-electron chi connectivity index (χ3n) is 3.22. The molecule has 1 aromatic rings. The molecule has 4 heteroatoms. The molecule has 1 rings (SSSR count). The van der Waals surface area contributed by atoms with Crippen molar-refractivity contribution in [1.29, 1.82) is 0 Å². The topological polar surface area (TPSA) is 35.5 Å². The quantitative estimate of drug-likeness (QED) is 0.560. The van der Waals surface area contributed by atoms with Crippen LogP contribution in [0.5, 0.6) is 0 Å². The number of carbonyl (C=O) groups is 1. The summed E-state index contributed by atoms with van der Waals surface area (Å²) in [5.74, 6) is -0.00928. The summed E-state index contributed by atoms with van der Waals surface area (Å²) in [6.45, 7) is 2.08. The van der Waals surface area contributed by atoms with Crippen LogP contribution in [0.25, 0.3) is 0 Å². The van der Waals surface area contributed by atoms with Gasteiger partial charge in [-0.3, -0.25) is 4.79 Å². The maximum atomic E-state index is 11.1. The van der Waals surface area contributed by atoms with Gasteiger partial charge in [-0.1, -0.05) is 53.2 Å². The summed E-state index contributed by atoms with van der Waals surface area (Å²) in [6, 6.07) is 8.13. The molecule has 0 aliphatic heterocycles. The lowest BCUT2D eigenvalue weighted by Gasteiger charge is -2.20. The zero-order chi connectivity index (χ0) is 15.0. The van der Waals surface area contributed by atoms with Gasteiger partial charge in [0.1, 0.15) is 0 Å². The van der Waals surface area contributed by atoms with Crippen LogP contribution in [0.3, 0.4) is 0 Å². The van der Waals surface area contributed by atoms with Crippen LogP contribution in [-0.2, 0) is 20.7 Å². The Hall–Kier alpha value is -1.13. The average Bonchev–Trinajstić information content (AvgIpc) is 2.46. The van der Waals surface area contributed by atoms with E-state index in [4.69, 9.17) is 4.74 Å². The molecule has 0 aromatic heterocycles. The second-order valence-electron chi connectivity index (χ2n) is 4.64. The zero-order valence-corrected chi connectivity index (χ0v) is 13.7. The lowest BCUT2D eigenvalue weighted by molar-refractivity contribution is -0.139. The lowest BCUT2D eigenvalue weighted by atomic mass is 9.97. The molecule has 0 unspecified atom stereocenters. The van der Waals surface area contributed by atoms with Gasteiger partial charge < -0.3 is 9.47 Å². The molecule has 0 aliphatic rings. The number of rotatable bonds is 7. The highest BCUT2D eigenvalue weighted by Gasteiger charge is 2.16. The van der Waals surface area contributed by atoms with Crippen molar-refractivity contribution < 1.29 is 14.3 Å². The Morgan fingerprint density at radius 3 is 2.65 bits per heavy atom. The first kappa shape index (κ1) is 16.9. The van der Waals surface area contributed by atoms with E-state index in [0.717, 1.165) is 10.9 Å². The van der Waals surface area contributed by atoms with Crippen LogP contribution in [-0.4, -0.2) is 26.3 Å². The molecule has 0 saturated heterocycles. The molecule has 0 radical (unpaired) electrons. The highest BCUT2D eigenvalue weighted by Crippen LogP contribution is 2.21. The summed E-state index contributed by atoms with van der Waals surface area (Å²) in [6.07, 6.45) is 5.03. The summed E-state index contributed by atoms with van der Waals surface area (Å²) >= 11 is 3.55. The fourth-order valence-corrected chi connectivity index (χ4v) is 2.40. The molecule has 1 aromatic carbocycles. The Kier molecular flexibility index (Phi) is 7.55. The highest BCUT2D eigenvalue weighted by atomic mass is 79.9. The number of methoxy groups -OCH3 is 2. The van der Waals surface area contributed by atoms with Gasteiger partial charge in [-0.05, 0) is 11.6 Å².